The number of amides is 2. The van der Waals surface area contributed by atoms with Gasteiger partial charge in [-0.25, -0.2) is 4.98 Å². The predicted molar refractivity (Wildman–Crippen MR) is 105 cm³/mol. The fourth-order valence-corrected chi connectivity index (χ4v) is 4.31. The van der Waals surface area contributed by atoms with Gasteiger partial charge in [0.1, 0.15) is 5.82 Å². The Balaban J connectivity index is 1.62. The van der Waals surface area contributed by atoms with Gasteiger partial charge in [0.2, 0.25) is 11.8 Å². The molecule has 2 aliphatic rings. The standard InChI is InChI=1S/C20H31N5O2/c1-2-22-20(27)17-11-16(24-18(26)10-14-6-3-4-7-14)13-25(17)12-15-8-5-9-23-19(15)21/h5,8-9,14,16-17H,2-4,6-7,10-13H2,1H3,(H2,21,23)(H,22,27)(H,24,26)/t16-,17-/m0/s1. The van der Waals surface area contributed by atoms with Gasteiger partial charge < -0.3 is 16.4 Å². The third-order valence-corrected chi connectivity index (χ3v) is 5.67. The van der Waals surface area contributed by atoms with E-state index in [1.807, 2.05) is 19.1 Å². The van der Waals surface area contributed by atoms with Gasteiger partial charge in [0.15, 0.2) is 0 Å². The fourth-order valence-electron chi connectivity index (χ4n) is 4.31. The summed E-state index contributed by atoms with van der Waals surface area (Å²) in [5.74, 6) is 1.13. The molecular formula is C20H31N5O2. The largest absolute Gasteiger partial charge is 0.383 e. The van der Waals surface area contributed by atoms with E-state index in [0.29, 0.717) is 44.2 Å². The average molecular weight is 374 g/mol. The molecule has 1 aliphatic carbocycles. The van der Waals surface area contributed by atoms with Crippen LogP contribution >= 0.6 is 0 Å². The maximum absolute atomic E-state index is 12.5. The highest BCUT2D eigenvalue weighted by Crippen LogP contribution is 2.28. The van der Waals surface area contributed by atoms with E-state index in [1.54, 1.807) is 6.20 Å². The number of likely N-dealkylation sites (N-methyl/N-ethyl adjacent to an activating group) is 1. The number of nitrogens with two attached hydrogens (primary N) is 1. The van der Waals surface area contributed by atoms with Crippen molar-refractivity contribution in [2.24, 2.45) is 5.92 Å². The predicted octanol–water partition coefficient (Wildman–Crippen LogP) is 1.44. The molecule has 4 N–H and O–H groups in total. The second-order valence-corrected chi connectivity index (χ2v) is 7.74. The lowest BCUT2D eigenvalue weighted by Gasteiger charge is -2.23. The first-order chi connectivity index (χ1) is 13.1. The smallest absolute Gasteiger partial charge is 0.237 e. The number of pyridine rings is 1. The first kappa shape index (κ1) is 19.6. The Kier molecular flexibility index (Phi) is 6.66. The van der Waals surface area contributed by atoms with Crippen LogP contribution in [0.1, 0.15) is 51.0 Å². The van der Waals surface area contributed by atoms with Crippen LogP contribution in [0.3, 0.4) is 0 Å². The normalized spacial score (nSPS) is 23.4. The van der Waals surface area contributed by atoms with E-state index in [9.17, 15) is 9.59 Å². The lowest BCUT2D eigenvalue weighted by Crippen LogP contribution is -2.42. The van der Waals surface area contributed by atoms with Crippen molar-refractivity contribution in [1.29, 1.82) is 0 Å². The minimum atomic E-state index is -0.263. The number of hydrogen-bond donors (Lipinski definition) is 3. The summed E-state index contributed by atoms with van der Waals surface area (Å²) < 4.78 is 0. The van der Waals surface area contributed by atoms with E-state index < -0.39 is 0 Å². The van der Waals surface area contributed by atoms with Crippen LogP contribution in [0.2, 0.25) is 0 Å². The number of carbonyl (C=O) groups is 2. The summed E-state index contributed by atoms with van der Waals surface area (Å²) in [4.78, 5) is 31.2. The molecule has 2 atom stereocenters. The third-order valence-electron chi connectivity index (χ3n) is 5.67. The molecule has 2 amide bonds. The number of aromatic nitrogens is 1. The molecule has 1 saturated heterocycles. The first-order valence-corrected chi connectivity index (χ1v) is 10.1. The Morgan fingerprint density at radius 3 is 2.81 bits per heavy atom. The number of likely N-dealkylation sites (tertiary alicyclic amines) is 1. The minimum absolute atomic E-state index is 0.00695. The summed E-state index contributed by atoms with van der Waals surface area (Å²) in [5, 5.41) is 6.07. The van der Waals surface area contributed by atoms with Gasteiger partial charge >= 0.3 is 0 Å². The summed E-state index contributed by atoms with van der Waals surface area (Å²) in [5.41, 5.74) is 6.88. The molecule has 2 heterocycles. The SMILES string of the molecule is CCNC(=O)[C@@H]1C[C@H](NC(=O)CC2CCCC2)CN1Cc1cccnc1N. The molecule has 2 fully saturated rings. The van der Waals surface area contributed by atoms with Crippen LogP contribution in [-0.2, 0) is 16.1 Å². The zero-order chi connectivity index (χ0) is 19.2. The van der Waals surface area contributed by atoms with Crippen LogP contribution in [0.5, 0.6) is 0 Å². The van der Waals surface area contributed by atoms with E-state index >= 15 is 0 Å². The number of nitrogen functional groups attached to an aromatic ring is 1. The zero-order valence-electron chi connectivity index (χ0n) is 16.1. The van der Waals surface area contributed by atoms with Crippen LogP contribution in [0.4, 0.5) is 5.82 Å². The molecule has 1 aliphatic heterocycles. The highest BCUT2D eigenvalue weighted by Gasteiger charge is 2.37. The van der Waals surface area contributed by atoms with Crippen molar-refractivity contribution < 1.29 is 9.59 Å². The Morgan fingerprint density at radius 2 is 2.11 bits per heavy atom. The lowest BCUT2D eigenvalue weighted by molar-refractivity contribution is -0.126. The molecule has 0 bridgehead atoms. The van der Waals surface area contributed by atoms with Gasteiger partial charge in [0.05, 0.1) is 6.04 Å². The van der Waals surface area contributed by atoms with E-state index in [-0.39, 0.29) is 23.9 Å². The molecule has 1 aromatic rings. The molecular weight excluding hydrogens is 342 g/mol. The molecule has 7 nitrogen and oxygen atoms in total. The molecule has 0 spiro atoms. The van der Waals surface area contributed by atoms with Gasteiger partial charge in [0.25, 0.3) is 0 Å². The van der Waals surface area contributed by atoms with Gasteiger partial charge in [-0.15, -0.1) is 0 Å². The van der Waals surface area contributed by atoms with Crippen LogP contribution in [0, 0.1) is 5.92 Å². The molecule has 1 aromatic heterocycles. The maximum Gasteiger partial charge on any atom is 0.237 e. The first-order valence-electron chi connectivity index (χ1n) is 10.1. The summed E-state index contributed by atoms with van der Waals surface area (Å²) in [7, 11) is 0. The average Bonchev–Trinajstić information content (AvgIpc) is 3.27. The Labute approximate surface area is 161 Å². The molecule has 3 rings (SSSR count). The van der Waals surface area contributed by atoms with Crippen molar-refractivity contribution in [2.45, 2.75) is 64.1 Å². The van der Waals surface area contributed by atoms with E-state index in [4.69, 9.17) is 5.73 Å². The van der Waals surface area contributed by atoms with Crippen molar-refractivity contribution in [3.05, 3.63) is 23.9 Å². The molecule has 0 unspecified atom stereocenters. The highest BCUT2D eigenvalue weighted by molar-refractivity contribution is 5.82. The van der Waals surface area contributed by atoms with Gasteiger partial charge in [-0.2, -0.15) is 0 Å². The number of rotatable bonds is 7. The minimum Gasteiger partial charge on any atom is -0.383 e. The van der Waals surface area contributed by atoms with Crippen molar-refractivity contribution in [1.82, 2.24) is 20.5 Å². The summed E-state index contributed by atoms with van der Waals surface area (Å²) in [6, 6.07) is 3.51. The van der Waals surface area contributed by atoms with Gasteiger partial charge in [-0.05, 0) is 38.2 Å². The van der Waals surface area contributed by atoms with E-state index in [2.05, 4.69) is 20.5 Å². The number of nitrogens with zero attached hydrogens (tertiary/aromatic N) is 2. The molecule has 1 saturated carbocycles. The molecule has 0 radical (unpaired) electrons. The summed E-state index contributed by atoms with van der Waals surface area (Å²) in [6.07, 6.45) is 7.69. The molecule has 148 valence electrons. The van der Waals surface area contributed by atoms with Crippen molar-refractivity contribution in [3.63, 3.8) is 0 Å². The number of nitrogens with one attached hydrogen (secondary N) is 2. The fraction of sp³-hybridized carbons (Fsp3) is 0.650. The zero-order valence-corrected chi connectivity index (χ0v) is 16.1. The topological polar surface area (TPSA) is 100 Å². The quantitative estimate of drug-likeness (QED) is 0.671. The molecule has 7 heteroatoms. The van der Waals surface area contributed by atoms with Crippen LogP contribution in [-0.4, -0.2) is 46.9 Å². The Bertz CT molecular complexity index is 660. The summed E-state index contributed by atoms with van der Waals surface area (Å²) >= 11 is 0. The summed E-state index contributed by atoms with van der Waals surface area (Å²) in [6.45, 7) is 3.71. The third kappa shape index (κ3) is 5.19. The number of hydrogen-bond acceptors (Lipinski definition) is 5. The maximum atomic E-state index is 12.5. The van der Waals surface area contributed by atoms with Gasteiger partial charge in [-0.3, -0.25) is 14.5 Å². The number of anilines is 1. The monoisotopic (exact) mass is 373 g/mol. The van der Waals surface area contributed by atoms with Crippen LogP contribution < -0.4 is 16.4 Å². The van der Waals surface area contributed by atoms with Gasteiger partial charge in [-0.1, -0.05) is 18.9 Å². The van der Waals surface area contributed by atoms with Crippen LogP contribution in [0.15, 0.2) is 18.3 Å². The second kappa shape index (κ2) is 9.17. The van der Waals surface area contributed by atoms with Crippen molar-refractivity contribution >= 4 is 17.6 Å². The van der Waals surface area contributed by atoms with Crippen molar-refractivity contribution in [3.8, 4) is 0 Å². The van der Waals surface area contributed by atoms with Gasteiger partial charge in [0, 0.05) is 43.9 Å². The Hall–Kier alpha value is -2.15. The number of carbonyl (C=O) groups excluding carboxylic acids is 2. The van der Waals surface area contributed by atoms with E-state index in [1.165, 1.54) is 12.8 Å². The highest BCUT2D eigenvalue weighted by atomic mass is 16.2. The second-order valence-electron chi connectivity index (χ2n) is 7.74. The van der Waals surface area contributed by atoms with Crippen molar-refractivity contribution in [2.75, 3.05) is 18.8 Å². The lowest BCUT2D eigenvalue weighted by atomic mass is 10.0. The van der Waals surface area contributed by atoms with Crippen LogP contribution in [0.25, 0.3) is 0 Å². The van der Waals surface area contributed by atoms with E-state index in [0.717, 1.165) is 18.4 Å². The Morgan fingerprint density at radius 1 is 1.33 bits per heavy atom. The molecule has 27 heavy (non-hydrogen) atoms. The molecule has 0 aromatic carbocycles.